The zero-order valence-corrected chi connectivity index (χ0v) is 13.2. The minimum Gasteiger partial charge on any atom is -0.117 e. The van der Waals surface area contributed by atoms with Gasteiger partial charge in [0, 0.05) is 14.5 Å². The number of benzene rings is 2. The van der Waals surface area contributed by atoms with Crippen LogP contribution < -0.4 is 0 Å². The molecule has 0 nitrogen and oxygen atoms in total. The van der Waals surface area contributed by atoms with Gasteiger partial charge in [-0.2, -0.15) is 0 Å². The van der Waals surface area contributed by atoms with Crippen molar-refractivity contribution in [3.05, 3.63) is 68.1 Å². The second kappa shape index (κ2) is 6.29. The lowest BCUT2D eigenvalue weighted by atomic mass is 10.0. The normalized spacial score (nSPS) is 12.4. The topological polar surface area (TPSA) is 0 Å². The summed E-state index contributed by atoms with van der Waals surface area (Å²) in [4.78, 5) is 0. The minimum absolute atomic E-state index is 0.142. The summed E-state index contributed by atoms with van der Waals surface area (Å²) in [7, 11) is 0. The molecule has 0 aliphatic carbocycles. The first-order valence-electron chi connectivity index (χ1n) is 5.40. The van der Waals surface area contributed by atoms with Crippen molar-refractivity contribution in [2.45, 2.75) is 11.8 Å². The predicted octanol–water partition coefficient (Wildman–Crippen LogP) is 6.28. The van der Waals surface area contributed by atoms with Crippen molar-refractivity contribution in [2.24, 2.45) is 0 Å². The highest BCUT2D eigenvalue weighted by atomic mass is 79.9. The Hall–Kier alpha value is -0.210. The predicted molar refractivity (Wildman–Crippen MR) is 82.9 cm³/mol. The lowest BCUT2D eigenvalue weighted by molar-refractivity contribution is 0.915. The average Bonchev–Trinajstić information content (AvgIpc) is 2.32. The van der Waals surface area contributed by atoms with Crippen molar-refractivity contribution in [1.29, 1.82) is 0 Å². The third kappa shape index (κ3) is 3.42. The third-order valence-corrected chi connectivity index (χ3v) is 4.34. The molecule has 0 N–H and O–H groups in total. The molecule has 4 heteroatoms. The molecule has 0 fully saturated rings. The van der Waals surface area contributed by atoms with Crippen LogP contribution in [0.15, 0.2) is 46.9 Å². The van der Waals surface area contributed by atoms with Gasteiger partial charge in [0.2, 0.25) is 0 Å². The maximum Gasteiger partial charge on any atom is 0.0637 e. The summed E-state index contributed by atoms with van der Waals surface area (Å²) in [6.45, 7) is 0. The van der Waals surface area contributed by atoms with Gasteiger partial charge in [-0.05, 0) is 35.7 Å². The second-order valence-electron chi connectivity index (χ2n) is 3.93. The van der Waals surface area contributed by atoms with Crippen LogP contribution in [0.25, 0.3) is 0 Å². The molecular weight excluding hydrogens is 354 g/mol. The average molecular weight is 364 g/mol. The van der Waals surface area contributed by atoms with Crippen LogP contribution in [0.1, 0.15) is 16.5 Å². The second-order valence-corrected chi connectivity index (χ2v) is 6.15. The Labute approximate surface area is 130 Å². The van der Waals surface area contributed by atoms with Gasteiger partial charge in [0.25, 0.3) is 0 Å². The molecule has 0 radical (unpaired) electrons. The molecule has 18 heavy (non-hydrogen) atoms. The molecular formula is C14H10BrCl3. The Kier molecular flexibility index (Phi) is 4.97. The molecule has 2 aromatic rings. The Morgan fingerprint density at radius 1 is 1.06 bits per heavy atom. The van der Waals surface area contributed by atoms with E-state index in [-0.39, 0.29) is 5.38 Å². The zero-order chi connectivity index (χ0) is 13.1. The number of alkyl halides is 1. The number of halogens is 4. The Morgan fingerprint density at radius 2 is 1.78 bits per heavy atom. The van der Waals surface area contributed by atoms with Crippen molar-refractivity contribution in [2.75, 3.05) is 0 Å². The SMILES string of the molecule is Clc1ccc(C(Cl)Cc2ccccc2Cl)c(Br)c1. The molecule has 2 rings (SSSR count). The highest BCUT2D eigenvalue weighted by Crippen LogP contribution is 2.34. The third-order valence-electron chi connectivity index (χ3n) is 2.66. The van der Waals surface area contributed by atoms with E-state index in [1.807, 2.05) is 42.5 Å². The van der Waals surface area contributed by atoms with Crippen LogP contribution >= 0.6 is 50.7 Å². The minimum atomic E-state index is -0.142. The highest BCUT2D eigenvalue weighted by Gasteiger charge is 2.14. The molecule has 0 bridgehead atoms. The maximum absolute atomic E-state index is 6.44. The van der Waals surface area contributed by atoms with Gasteiger partial charge in [-0.15, -0.1) is 11.6 Å². The van der Waals surface area contributed by atoms with Crippen molar-refractivity contribution in [1.82, 2.24) is 0 Å². The standard InChI is InChI=1S/C14H10BrCl3/c15-12-8-10(16)5-6-11(12)14(18)7-9-3-1-2-4-13(9)17/h1-6,8,14H,7H2. The smallest absolute Gasteiger partial charge is 0.0637 e. The van der Waals surface area contributed by atoms with Crippen LogP contribution in [-0.2, 0) is 6.42 Å². The molecule has 1 unspecified atom stereocenters. The fraction of sp³-hybridized carbons (Fsp3) is 0.143. The molecule has 0 saturated heterocycles. The van der Waals surface area contributed by atoms with Gasteiger partial charge in [0.15, 0.2) is 0 Å². The monoisotopic (exact) mass is 362 g/mol. The lowest BCUT2D eigenvalue weighted by Gasteiger charge is -2.13. The van der Waals surface area contributed by atoms with Gasteiger partial charge in [0.05, 0.1) is 5.38 Å². The fourth-order valence-electron chi connectivity index (χ4n) is 1.72. The van der Waals surface area contributed by atoms with Gasteiger partial charge < -0.3 is 0 Å². The van der Waals surface area contributed by atoms with Gasteiger partial charge in [-0.3, -0.25) is 0 Å². The molecule has 1 atom stereocenters. The number of hydrogen-bond acceptors (Lipinski definition) is 0. The van der Waals surface area contributed by atoms with E-state index in [1.165, 1.54) is 0 Å². The van der Waals surface area contributed by atoms with E-state index >= 15 is 0 Å². The summed E-state index contributed by atoms with van der Waals surface area (Å²) in [5, 5.41) is 1.29. The first kappa shape index (κ1) is 14.2. The zero-order valence-electron chi connectivity index (χ0n) is 9.34. The van der Waals surface area contributed by atoms with Crippen molar-refractivity contribution in [3.8, 4) is 0 Å². The summed E-state index contributed by atoms with van der Waals surface area (Å²) in [5.41, 5.74) is 2.06. The van der Waals surface area contributed by atoms with E-state index in [9.17, 15) is 0 Å². The van der Waals surface area contributed by atoms with Crippen LogP contribution in [0.5, 0.6) is 0 Å². The van der Waals surface area contributed by atoms with Gasteiger partial charge in [0.1, 0.15) is 0 Å². The molecule has 2 aromatic carbocycles. The van der Waals surface area contributed by atoms with E-state index in [2.05, 4.69) is 15.9 Å². The van der Waals surface area contributed by atoms with Crippen molar-refractivity contribution in [3.63, 3.8) is 0 Å². The molecule has 94 valence electrons. The fourth-order valence-corrected chi connectivity index (χ4v) is 3.38. The van der Waals surface area contributed by atoms with Gasteiger partial charge in [-0.1, -0.05) is 63.4 Å². The summed E-state index contributed by atoms with van der Waals surface area (Å²) in [6.07, 6.45) is 0.682. The molecule has 0 aromatic heterocycles. The van der Waals surface area contributed by atoms with Crippen LogP contribution in [0.3, 0.4) is 0 Å². The van der Waals surface area contributed by atoms with Crippen LogP contribution in [0, 0.1) is 0 Å². The van der Waals surface area contributed by atoms with Crippen molar-refractivity contribution < 1.29 is 0 Å². The van der Waals surface area contributed by atoms with Gasteiger partial charge in [-0.25, -0.2) is 0 Å². The van der Waals surface area contributed by atoms with Crippen LogP contribution in [0.4, 0.5) is 0 Å². The van der Waals surface area contributed by atoms with Gasteiger partial charge >= 0.3 is 0 Å². The lowest BCUT2D eigenvalue weighted by Crippen LogP contribution is -1.97. The molecule has 0 spiro atoms. The first-order valence-corrected chi connectivity index (χ1v) is 7.39. The summed E-state index contributed by atoms with van der Waals surface area (Å²) in [6, 6.07) is 13.3. The van der Waals surface area contributed by atoms with Crippen molar-refractivity contribution >= 4 is 50.7 Å². The Morgan fingerprint density at radius 3 is 2.44 bits per heavy atom. The van der Waals surface area contributed by atoms with Crippen LogP contribution in [0.2, 0.25) is 10.0 Å². The quantitative estimate of drug-likeness (QED) is 0.562. The summed E-state index contributed by atoms with van der Waals surface area (Å²) in [5.74, 6) is 0. The largest absolute Gasteiger partial charge is 0.117 e. The van der Waals surface area contributed by atoms with Crippen LogP contribution in [-0.4, -0.2) is 0 Å². The van der Waals surface area contributed by atoms with E-state index < -0.39 is 0 Å². The molecule has 0 heterocycles. The number of hydrogen-bond donors (Lipinski definition) is 0. The molecule has 0 saturated carbocycles. The summed E-state index contributed by atoms with van der Waals surface area (Å²) >= 11 is 22.0. The van der Waals surface area contributed by atoms with E-state index in [0.29, 0.717) is 11.4 Å². The Balaban J connectivity index is 2.22. The van der Waals surface area contributed by atoms with E-state index in [1.54, 1.807) is 0 Å². The molecule has 0 amide bonds. The highest BCUT2D eigenvalue weighted by molar-refractivity contribution is 9.10. The van der Waals surface area contributed by atoms with E-state index in [0.717, 1.165) is 20.6 Å². The number of rotatable bonds is 3. The maximum atomic E-state index is 6.44. The molecule has 0 aliphatic rings. The van der Waals surface area contributed by atoms with E-state index in [4.69, 9.17) is 34.8 Å². The summed E-state index contributed by atoms with van der Waals surface area (Å²) < 4.78 is 0.919. The molecule has 0 aliphatic heterocycles. The first-order chi connectivity index (χ1) is 8.58. The Bertz CT molecular complexity index is 554.